The summed E-state index contributed by atoms with van der Waals surface area (Å²) in [5.41, 5.74) is 1.78. The Kier molecular flexibility index (Phi) is 5.65. The molecule has 2 aromatic rings. The number of carbonyl (C=O) groups is 2. The number of ether oxygens (including phenoxy) is 3. The monoisotopic (exact) mass is 423 g/mol. The molecule has 164 valence electrons. The Hall–Kier alpha value is -3.02. The Morgan fingerprint density at radius 1 is 1.06 bits per heavy atom. The molecule has 2 heterocycles. The van der Waals surface area contributed by atoms with Crippen molar-refractivity contribution in [3.05, 3.63) is 53.1 Å². The average molecular weight is 424 g/mol. The van der Waals surface area contributed by atoms with Crippen LogP contribution < -0.4 is 14.2 Å². The van der Waals surface area contributed by atoms with Crippen LogP contribution in [-0.4, -0.2) is 49.5 Å². The Morgan fingerprint density at radius 2 is 1.74 bits per heavy atom. The van der Waals surface area contributed by atoms with Crippen molar-refractivity contribution in [2.45, 2.75) is 44.6 Å². The fraction of sp³-hybridized carbons (Fsp3) is 0.440. The summed E-state index contributed by atoms with van der Waals surface area (Å²) in [6, 6.07) is 11.3. The molecular weight excluding hydrogens is 394 g/mol. The summed E-state index contributed by atoms with van der Waals surface area (Å²) < 4.78 is 17.1. The van der Waals surface area contributed by atoms with Gasteiger partial charge in [0.25, 0.3) is 5.91 Å². The second-order valence-electron chi connectivity index (χ2n) is 8.66. The lowest BCUT2D eigenvalue weighted by Gasteiger charge is -2.44. The first-order valence-corrected chi connectivity index (χ1v) is 10.7. The minimum absolute atomic E-state index is 0.00445. The maximum absolute atomic E-state index is 13.0. The van der Waals surface area contributed by atoms with E-state index in [1.54, 1.807) is 19.2 Å². The smallest absolute Gasteiger partial charge is 0.253 e. The van der Waals surface area contributed by atoms with Crippen LogP contribution in [0, 0.1) is 0 Å². The van der Waals surface area contributed by atoms with E-state index in [1.165, 1.54) is 12.7 Å². The number of rotatable bonds is 4. The highest BCUT2D eigenvalue weighted by molar-refractivity contribution is 6.03. The number of likely N-dealkylation sites (tertiary alicyclic amines) is 1. The molecule has 0 saturated carbocycles. The molecule has 0 radical (unpaired) electrons. The van der Waals surface area contributed by atoms with Crippen LogP contribution >= 0.6 is 0 Å². The number of fused-ring (bicyclic) bond motifs is 1. The van der Waals surface area contributed by atoms with Crippen LogP contribution in [0.25, 0.3) is 0 Å². The van der Waals surface area contributed by atoms with Crippen LogP contribution in [0.15, 0.2) is 36.4 Å². The van der Waals surface area contributed by atoms with Gasteiger partial charge in [0.05, 0.1) is 20.6 Å². The molecule has 1 saturated heterocycles. The van der Waals surface area contributed by atoms with Gasteiger partial charge in [-0.1, -0.05) is 26.0 Å². The lowest BCUT2D eigenvalue weighted by Crippen LogP contribution is -2.52. The SMILES string of the molecule is COc1cc(OC)c2c(c1)OC1(CCN(C(=O)c3ccc(C(C)C)cc3)CC1)CC2=O. The normalized spacial score (nSPS) is 17.3. The fourth-order valence-corrected chi connectivity index (χ4v) is 4.44. The highest BCUT2D eigenvalue weighted by Crippen LogP contribution is 2.44. The molecule has 0 aromatic heterocycles. The molecule has 6 nitrogen and oxygen atoms in total. The number of methoxy groups -OCH3 is 2. The molecule has 2 aliphatic rings. The largest absolute Gasteiger partial charge is 0.496 e. The van der Waals surface area contributed by atoms with Crippen LogP contribution in [-0.2, 0) is 0 Å². The lowest BCUT2D eigenvalue weighted by atomic mass is 9.82. The van der Waals surface area contributed by atoms with Crippen molar-refractivity contribution >= 4 is 11.7 Å². The molecule has 31 heavy (non-hydrogen) atoms. The van der Waals surface area contributed by atoms with Crippen LogP contribution in [0.2, 0.25) is 0 Å². The highest BCUT2D eigenvalue weighted by Gasteiger charge is 2.45. The number of ketones is 1. The van der Waals surface area contributed by atoms with Gasteiger partial charge in [0.1, 0.15) is 28.4 Å². The van der Waals surface area contributed by atoms with E-state index in [-0.39, 0.29) is 18.1 Å². The maximum Gasteiger partial charge on any atom is 0.253 e. The van der Waals surface area contributed by atoms with E-state index in [1.807, 2.05) is 29.2 Å². The van der Waals surface area contributed by atoms with Crippen molar-refractivity contribution < 1.29 is 23.8 Å². The number of piperidine rings is 1. The summed E-state index contributed by atoms with van der Waals surface area (Å²) in [7, 11) is 3.10. The summed E-state index contributed by atoms with van der Waals surface area (Å²) in [4.78, 5) is 27.8. The lowest BCUT2D eigenvalue weighted by molar-refractivity contribution is -0.00610. The summed E-state index contributed by atoms with van der Waals surface area (Å²) in [6.45, 7) is 5.37. The molecule has 1 amide bonds. The zero-order chi connectivity index (χ0) is 22.2. The van der Waals surface area contributed by atoms with E-state index in [2.05, 4.69) is 13.8 Å². The van der Waals surface area contributed by atoms with Crippen LogP contribution in [0.1, 0.15) is 65.3 Å². The molecule has 1 spiro atoms. The van der Waals surface area contributed by atoms with Gasteiger partial charge in [-0.15, -0.1) is 0 Å². The first kappa shape index (κ1) is 21.2. The van der Waals surface area contributed by atoms with Crippen molar-refractivity contribution in [1.29, 1.82) is 0 Å². The molecule has 0 N–H and O–H groups in total. The summed E-state index contributed by atoms with van der Waals surface area (Å²) in [5, 5.41) is 0. The van der Waals surface area contributed by atoms with Gasteiger partial charge in [-0.25, -0.2) is 0 Å². The molecule has 0 aliphatic carbocycles. The van der Waals surface area contributed by atoms with Crippen molar-refractivity contribution in [3.8, 4) is 17.2 Å². The molecule has 1 fully saturated rings. The van der Waals surface area contributed by atoms with Crippen molar-refractivity contribution in [2.24, 2.45) is 0 Å². The van der Waals surface area contributed by atoms with E-state index < -0.39 is 5.60 Å². The quantitative estimate of drug-likeness (QED) is 0.726. The van der Waals surface area contributed by atoms with E-state index >= 15 is 0 Å². The number of benzene rings is 2. The summed E-state index contributed by atoms with van der Waals surface area (Å²) >= 11 is 0. The van der Waals surface area contributed by atoms with Crippen molar-refractivity contribution in [1.82, 2.24) is 4.90 Å². The third-order valence-electron chi connectivity index (χ3n) is 6.37. The Labute approximate surface area is 183 Å². The van der Waals surface area contributed by atoms with Gasteiger partial charge in [-0.05, 0) is 23.6 Å². The third-order valence-corrected chi connectivity index (χ3v) is 6.37. The van der Waals surface area contributed by atoms with Crippen LogP contribution in [0.5, 0.6) is 17.2 Å². The van der Waals surface area contributed by atoms with Crippen LogP contribution in [0.4, 0.5) is 0 Å². The molecular formula is C25H29NO5. The van der Waals surface area contributed by atoms with E-state index in [0.717, 1.165) is 0 Å². The number of carbonyl (C=O) groups excluding carboxylic acids is 2. The molecule has 2 aliphatic heterocycles. The van der Waals surface area contributed by atoms with Crippen molar-refractivity contribution in [3.63, 3.8) is 0 Å². The van der Waals surface area contributed by atoms with Gasteiger partial charge < -0.3 is 19.1 Å². The maximum atomic E-state index is 13.0. The van der Waals surface area contributed by atoms with E-state index in [4.69, 9.17) is 14.2 Å². The molecule has 4 rings (SSSR count). The predicted octanol–water partition coefficient (Wildman–Crippen LogP) is 4.47. The highest BCUT2D eigenvalue weighted by atomic mass is 16.5. The minimum Gasteiger partial charge on any atom is -0.496 e. The molecule has 0 bridgehead atoms. The second kappa shape index (κ2) is 8.25. The van der Waals surface area contributed by atoms with Gasteiger partial charge in [0.15, 0.2) is 5.78 Å². The first-order chi connectivity index (χ1) is 14.9. The molecule has 2 aromatic carbocycles. The number of Topliss-reactive ketones (excluding diaryl/α,β-unsaturated/α-hetero) is 1. The Morgan fingerprint density at radius 3 is 2.32 bits per heavy atom. The first-order valence-electron chi connectivity index (χ1n) is 10.7. The van der Waals surface area contributed by atoms with E-state index in [0.29, 0.717) is 60.2 Å². The van der Waals surface area contributed by atoms with Crippen molar-refractivity contribution in [2.75, 3.05) is 27.3 Å². The Balaban J connectivity index is 1.49. The van der Waals surface area contributed by atoms with Crippen LogP contribution in [0.3, 0.4) is 0 Å². The summed E-state index contributed by atoms with van der Waals surface area (Å²) in [5.74, 6) is 2.00. The number of amides is 1. The molecule has 6 heteroatoms. The number of nitrogens with zero attached hydrogens (tertiary/aromatic N) is 1. The number of hydrogen-bond acceptors (Lipinski definition) is 5. The van der Waals surface area contributed by atoms with Gasteiger partial charge in [-0.3, -0.25) is 9.59 Å². The zero-order valence-electron chi connectivity index (χ0n) is 18.6. The zero-order valence-corrected chi connectivity index (χ0v) is 18.6. The van der Waals surface area contributed by atoms with Gasteiger partial charge >= 0.3 is 0 Å². The Bertz CT molecular complexity index is 988. The van der Waals surface area contributed by atoms with Gasteiger partial charge in [0, 0.05) is 43.6 Å². The number of hydrogen-bond donors (Lipinski definition) is 0. The van der Waals surface area contributed by atoms with E-state index in [9.17, 15) is 9.59 Å². The second-order valence-corrected chi connectivity index (χ2v) is 8.66. The molecule has 0 atom stereocenters. The van der Waals surface area contributed by atoms with Gasteiger partial charge in [0.2, 0.25) is 0 Å². The average Bonchev–Trinajstić information content (AvgIpc) is 2.78. The summed E-state index contributed by atoms with van der Waals surface area (Å²) in [6.07, 6.45) is 1.49. The minimum atomic E-state index is -0.597. The molecule has 0 unspecified atom stereocenters. The standard InChI is InChI=1S/C25H29NO5/c1-16(2)17-5-7-18(8-6-17)24(28)26-11-9-25(10-12-26)15-20(27)23-21(30-4)13-19(29-3)14-22(23)31-25/h5-8,13-14,16H,9-12,15H2,1-4H3. The third kappa shape index (κ3) is 3.99. The fourth-order valence-electron chi connectivity index (χ4n) is 4.44. The topological polar surface area (TPSA) is 65.1 Å². The van der Waals surface area contributed by atoms with Gasteiger partial charge in [-0.2, -0.15) is 0 Å². The predicted molar refractivity (Wildman–Crippen MR) is 118 cm³/mol.